The van der Waals surface area contributed by atoms with Gasteiger partial charge in [0.15, 0.2) is 0 Å². The largest absolute Gasteiger partial charge is 0.481 e. The SMILES string of the molecule is C=CC[C@H](C)[C@@H](C(=O)OCC(Cl)(Cl)Cl)[C@H](C)C(=O)C(C)(C)[C@@H](O)CC(=O)O. The first-order chi connectivity index (χ1) is 12.1. The number of carbonyl (C=O) groups excluding carboxylic acids is 2. The Hall–Kier alpha value is -0.820. The summed E-state index contributed by atoms with van der Waals surface area (Å²) in [5.41, 5.74) is -1.38. The van der Waals surface area contributed by atoms with Gasteiger partial charge in [0.2, 0.25) is 3.79 Å². The summed E-state index contributed by atoms with van der Waals surface area (Å²) in [4.78, 5) is 36.4. The molecular formula is C18H27Cl3O6. The second-order valence-corrected chi connectivity index (χ2v) is 9.75. The van der Waals surface area contributed by atoms with Gasteiger partial charge >= 0.3 is 11.9 Å². The number of halogens is 3. The molecule has 0 aliphatic rings. The highest BCUT2D eigenvalue weighted by atomic mass is 35.6. The van der Waals surface area contributed by atoms with Crippen molar-refractivity contribution in [3.05, 3.63) is 12.7 Å². The van der Waals surface area contributed by atoms with E-state index < -0.39 is 57.9 Å². The second kappa shape index (κ2) is 10.6. The molecule has 4 atom stereocenters. The van der Waals surface area contributed by atoms with Crippen molar-refractivity contribution in [2.24, 2.45) is 23.2 Å². The fourth-order valence-electron chi connectivity index (χ4n) is 2.92. The minimum atomic E-state index is -1.79. The van der Waals surface area contributed by atoms with Crippen LogP contribution in [0.4, 0.5) is 0 Å². The maximum Gasteiger partial charge on any atom is 0.310 e. The average molecular weight is 446 g/mol. The number of ether oxygens (including phenoxy) is 1. The van der Waals surface area contributed by atoms with E-state index in [1.807, 2.05) is 0 Å². The van der Waals surface area contributed by atoms with E-state index >= 15 is 0 Å². The van der Waals surface area contributed by atoms with Crippen LogP contribution in [0.3, 0.4) is 0 Å². The van der Waals surface area contributed by atoms with Gasteiger partial charge in [0, 0.05) is 5.92 Å². The number of carboxylic acids is 1. The van der Waals surface area contributed by atoms with Crippen LogP contribution < -0.4 is 0 Å². The van der Waals surface area contributed by atoms with Crippen molar-refractivity contribution in [3.63, 3.8) is 0 Å². The molecule has 0 heterocycles. The van der Waals surface area contributed by atoms with E-state index in [2.05, 4.69) is 6.58 Å². The molecular weight excluding hydrogens is 419 g/mol. The van der Waals surface area contributed by atoms with Crippen molar-refractivity contribution in [2.75, 3.05) is 6.61 Å². The van der Waals surface area contributed by atoms with Crippen molar-refractivity contribution in [1.82, 2.24) is 0 Å². The number of aliphatic hydroxyl groups is 1. The summed E-state index contributed by atoms with van der Waals surface area (Å²) >= 11 is 16.8. The first-order valence-electron chi connectivity index (χ1n) is 8.43. The fourth-order valence-corrected chi connectivity index (χ4v) is 3.09. The van der Waals surface area contributed by atoms with Crippen LogP contribution in [-0.2, 0) is 19.1 Å². The van der Waals surface area contributed by atoms with Crippen LogP contribution in [0.15, 0.2) is 12.7 Å². The number of aliphatic carboxylic acids is 1. The first-order valence-corrected chi connectivity index (χ1v) is 9.57. The zero-order chi connectivity index (χ0) is 21.6. The van der Waals surface area contributed by atoms with E-state index in [0.29, 0.717) is 6.42 Å². The topological polar surface area (TPSA) is 101 Å². The van der Waals surface area contributed by atoms with E-state index in [9.17, 15) is 19.5 Å². The Kier molecular flexibility index (Phi) is 10.3. The van der Waals surface area contributed by atoms with Gasteiger partial charge in [-0.25, -0.2) is 0 Å². The van der Waals surface area contributed by atoms with Crippen LogP contribution >= 0.6 is 34.8 Å². The smallest absolute Gasteiger partial charge is 0.310 e. The van der Waals surface area contributed by atoms with Gasteiger partial charge in [0.05, 0.1) is 23.9 Å². The molecule has 6 nitrogen and oxygen atoms in total. The number of ketones is 1. The number of carboxylic acid groups (broad SMARTS) is 1. The van der Waals surface area contributed by atoms with Gasteiger partial charge in [-0.3, -0.25) is 14.4 Å². The molecule has 0 unspecified atom stereocenters. The number of hydrogen-bond donors (Lipinski definition) is 2. The Morgan fingerprint density at radius 1 is 1.19 bits per heavy atom. The zero-order valence-corrected chi connectivity index (χ0v) is 18.1. The molecule has 0 bridgehead atoms. The van der Waals surface area contributed by atoms with Crippen LogP contribution in [0.5, 0.6) is 0 Å². The lowest BCUT2D eigenvalue weighted by Crippen LogP contribution is -2.46. The summed E-state index contributed by atoms with van der Waals surface area (Å²) < 4.78 is 3.28. The van der Waals surface area contributed by atoms with Gasteiger partial charge in [-0.1, -0.05) is 68.6 Å². The number of aliphatic hydroxyl groups excluding tert-OH is 1. The summed E-state index contributed by atoms with van der Waals surface area (Å²) in [5.74, 6) is -4.44. The number of esters is 1. The highest BCUT2D eigenvalue weighted by Gasteiger charge is 2.45. The van der Waals surface area contributed by atoms with Crippen LogP contribution in [0.1, 0.15) is 40.5 Å². The summed E-state index contributed by atoms with van der Waals surface area (Å²) in [7, 11) is 0. The number of rotatable bonds is 11. The van der Waals surface area contributed by atoms with Gasteiger partial charge in [-0.2, -0.15) is 0 Å². The lowest BCUT2D eigenvalue weighted by molar-refractivity contribution is -0.158. The number of hydrogen-bond acceptors (Lipinski definition) is 5. The van der Waals surface area contributed by atoms with Gasteiger partial charge in [0.1, 0.15) is 12.4 Å². The van der Waals surface area contributed by atoms with Crippen LogP contribution in [-0.4, -0.2) is 44.4 Å². The minimum absolute atomic E-state index is 0.309. The third kappa shape index (κ3) is 8.38. The molecule has 0 rings (SSSR count). The minimum Gasteiger partial charge on any atom is -0.481 e. The Morgan fingerprint density at radius 3 is 2.11 bits per heavy atom. The molecule has 0 aromatic heterocycles. The van der Waals surface area contributed by atoms with E-state index in [4.69, 9.17) is 44.6 Å². The molecule has 2 N–H and O–H groups in total. The highest BCUT2D eigenvalue weighted by molar-refractivity contribution is 6.67. The lowest BCUT2D eigenvalue weighted by Gasteiger charge is -2.35. The molecule has 0 amide bonds. The summed E-state index contributed by atoms with van der Waals surface area (Å²) in [6.07, 6.45) is 0.0541. The predicted octanol–water partition coefficient (Wildman–Crippen LogP) is 3.80. The summed E-state index contributed by atoms with van der Waals surface area (Å²) in [6.45, 7) is 9.35. The Balaban J connectivity index is 5.57. The normalized spacial score (nSPS) is 16.7. The molecule has 0 radical (unpaired) electrons. The lowest BCUT2D eigenvalue weighted by atomic mass is 9.70. The molecule has 0 spiro atoms. The Morgan fingerprint density at radius 2 is 1.70 bits per heavy atom. The van der Waals surface area contributed by atoms with Crippen molar-refractivity contribution in [3.8, 4) is 0 Å². The molecule has 0 aliphatic heterocycles. The number of allylic oxidation sites excluding steroid dienone is 1. The average Bonchev–Trinajstić information content (AvgIpc) is 2.51. The monoisotopic (exact) mass is 444 g/mol. The van der Waals surface area contributed by atoms with Crippen molar-refractivity contribution >= 4 is 52.5 Å². The third-order valence-electron chi connectivity index (χ3n) is 4.59. The van der Waals surface area contributed by atoms with Gasteiger partial charge in [-0.15, -0.1) is 6.58 Å². The maximum atomic E-state index is 13.0. The molecule has 156 valence electrons. The first kappa shape index (κ1) is 26.2. The van der Waals surface area contributed by atoms with Crippen molar-refractivity contribution < 1.29 is 29.3 Å². The Bertz CT molecular complexity index is 556. The van der Waals surface area contributed by atoms with Gasteiger partial charge in [0.25, 0.3) is 0 Å². The zero-order valence-electron chi connectivity index (χ0n) is 15.9. The van der Waals surface area contributed by atoms with E-state index in [1.165, 1.54) is 13.8 Å². The van der Waals surface area contributed by atoms with Crippen LogP contribution in [0.2, 0.25) is 0 Å². The maximum absolute atomic E-state index is 13.0. The molecule has 0 saturated heterocycles. The molecule has 27 heavy (non-hydrogen) atoms. The van der Waals surface area contributed by atoms with E-state index in [1.54, 1.807) is 19.9 Å². The molecule has 0 aliphatic carbocycles. The standard InChI is InChI=1S/C18H27Cl3O6/c1-6-7-10(2)14(16(26)27-9-18(19,20)21)11(3)15(25)17(4,5)12(22)8-13(23)24/h6,10-12,14,22H,1,7-9H2,2-5H3,(H,23,24)/t10-,11-,12-,14+/m0/s1. The second-order valence-electron chi connectivity index (χ2n) is 7.24. The molecule has 0 aromatic carbocycles. The fraction of sp³-hybridized carbons (Fsp3) is 0.722. The quantitative estimate of drug-likeness (QED) is 0.285. The van der Waals surface area contributed by atoms with Crippen LogP contribution in [0.25, 0.3) is 0 Å². The number of alkyl halides is 3. The summed E-state index contributed by atoms with van der Waals surface area (Å²) in [5, 5.41) is 19.0. The Labute approximate surface area is 174 Å². The van der Waals surface area contributed by atoms with Crippen molar-refractivity contribution in [2.45, 2.75) is 50.4 Å². The van der Waals surface area contributed by atoms with E-state index in [0.717, 1.165) is 0 Å². The number of Topliss-reactive ketones (excluding diaryl/α,β-unsaturated/α-hetero) is 1. The molecule has 9 heteroatoms. The van der Waals surface area contributed by atoms with E-state index in [-0.39, 0.29) is 5.92 Å². The number of carbonyl (C=O) groups is 3. The third-order valence-corrected chi connectivity index (χ3v) is 4.92. The highest BCUT2D eigenvalue weighted by Crippen LogP contribution is 2.35. The van der Waals surface area contributed by atoms with Crippen LogP contribution in [0, 0.1) is 23.2 Å². The summed E-state index contributed by atoms with van der Waals surface area (Å²) in [6, 6.07) is 0. The molecule has 0 saturated carbocycles. The molecule has 0 aromatic rings. The molecule has 0 fully saturated rings. The van der Waals surface area contributed by atoms with Gasteiger partial charge < -0.3 is 14.9 Å². The van der Waals surface area contributed by atoms with Crippen molar-refractivity contribution in [1.29, 1.82) is 0 Å². The van der Waals surface area contributed by atoms with Gasteiger partial charge in [-0.05, 0) is 12.3 Å². The predicted molar refractivity (Wildman–Crippen MR) is 105 cm³/mol.